The van der Waals surface area contributed by atoms with Crippen molar-refractivity contribution in [2.75, 3.05) is 13.2 Å². The topological polar surface area (TPSA) is 38.4 Å². The summed E-state index contributed by atoms with van der Waals surface area (Å²) in [6, 6.07) is 5.78. The van der Waals surface area contributed by atoms with Gasteiger partial charge in [0, 0.05) is 11.6 Å². The average Bonchev–Trinajstić information content (AvgIpc) is 3.04. The fourth-order valence-electron chi connectivity index (χ4n) is 7.50. The van der Waals surface area contributed by atoms with Crippen molar-refractivity contribution in [3.63, 3.8) is 0 Å². The number of benzene rings is 1. The van der Waals surface area contributed by atoms with Crippen molar-refractivity contribution in [3.8, 4) is 11.5 Å². The Kier molecular flexibility index (Phi) is 27.4. The Morgan fingerprint density at radius 1 is 0.420 bits per heavy atom. The number of hydrogen-bond donors (Lipinski definition) is 0. The highest BCUT2D eigenvalue weighted by Gasteiger charge is 2.12. The largest absolute Gasteiger partial charge is 0.493 e. The molecule has 3 heteroatoms. The van der Waals surface area contributed by atoms with E-state index in [0.717, 1.165) is 59.7 Å². The SMILES string of the molecule is CC(C)CCC[C@@H](C)CCC[C@@H](C)CCCC(C)CCOc1ccc(C[O])c(OCCC(C)CCC[C@H](C)CCC[C@H](C)CCCC(C)C)c1. The standard InChI is InChI=1S/C47H87O3/c1-37(2)17-11-19-39(5)21-13-23-41(7)25-15-27-43(9)31-33-49-46-30-29-45(36-48)47(35-46)50-34-32-44(10)28-16-26-42(8)24-14-22-40(6)20-12-18-38(3)4/h29-30,35,37-44H,11-28,31-34,36H2,1-10H3/t39-,40-,41-,42-,43?,44?/m1/s1. The summed E-state index contributed by atoms with van der Waals surface area (Å²) in [5.74, 6) is 7.95. The van der Waals surface area contributed by atoms with Gasteiger partial charge in [0.05, 0.1) is 13.2 Å². The van der Waals surface area contributed by atoms with Crippen LogP contribution in [0.2, 0.25) is 0 Å². The van der Waals surface area contributed by atoms with E-state index >= 15 is 0 Å². The summed E-state index contributed by atoms with van der Waals surface area (Å²) in [6.07, 6.45) is 26.6. The van der Waals surface area contributed by atoms with Crippen molar-refractivity contribution in [3.05, 3.63) is 23.8 Å². The molecule has 0 N–H and O–H groups in total. The molecule has 0 heterocycles. The Labute approximate surface area is 313 Å². The van der Waals surface area contributed by atoms with Crippen molar-refractivity contribution in [1.82, 2.24) is 0 Å². The first-order valence-electron chi connectivity index (χ1n) is 21.9. The summed E-state index contributed by atoms with van der Waals surface area (Å²) < 4.78 is 12.3. The van der Waals surface area contributed by atoms with Crippen molar-refractivity contribution in [2.45, 2.75) is 204 Å². The molecule has 0 bridgehead atoms. The zero-order chi connectivity index (χ0) is 37.1. The lowest BCUT2D eigenvalue weighted by Gasteiger charge is -2.17. The molecule has 1 aromatic rings. The van der Waals surface area contributed by atoms with E-state index in [1.54, 1.807) is 0 Å². The van der Waals surface area contributed by atoms with E-state index < -0.39 is 0 Å². The summed E-state index contributed by atoms with van der Waals surface area (Å²) in [7, 11) is 0. The lowest BCUT2D eigenvalue weighted by Crippen LogP contribution is -2.08. The summed E-state index contributed by atoms with van der Waals surface area (Å²) >= 11 is 0. The van der Waals surface area contributed by atoms with Crippen molar-refractivity contribution >= 4 is 0 Å². The molecule has 0 aliphatic rings. The van der Waals surface area contributed by atoms with Crippen molar-refractivity contribution in [2.24, 2.45) is 47.3 Å². The average molecular weight is 700 g/mol. The van der Waals surface area contributed by atoms with Gasteiger partial charge in [-0.05, 0) is 72.3 Å². The molecule has 1 aromatic carbocycles. The van der Waals surface area contributed by atoms with E-state index in [0.29, 0.717) is 30.8 Å². The van der Waals surface area contributed by atoms with Crippen LogP contribution in [-0.4, -0.2) is 13.2 Å². The van der Waals surface area contributed by atoms with Crippen LogP contribution in [0.3, 0.4) is 0 Å². The zero-order valence-corrected chi connectivity index (χ0v) is 35.3. The normalized spacial score (nSPS) is 15.6. The van der Waals surface area contributed by atoms with Crippen LogP contribution in [0.5, 0.6) is 11.5 Å². The van der Waals surface area contributed by atoms with Gasteiger partial charge >= 0.3 is 0 Å². The predicted molar refractivity (Wildman–Crippen MR) is 219 cm³/mol. The maximum Gasteiger partial charge on any atom is 0.128 e. The molecule has 2 unspecified atom stereocenters. The quantitative estimate of drug-likeness (QED) is 0.0732. The molecule has 0 saturated carbocycles. The maximum atomic E-state index is 11.8. The van der Waals surface area contributed by atoms with Crippen LogP contribution in [0.15, 0.2) is 18.2 Å². The van der Waals surface area contributed by atoms with Gasteiger partial charge in [-0.2, -0.15) is 0 Å². The van der Waals surface area contributed by atoms with Gasteiger partial charge in [-0.3, -0.25) is 0 Å². The molecule has 1 radical (unpaired) electrons. The molecule has 50 heavy (non-hydrogen) atoms. The van der Waals surface area contributed by atoms with Crippen LogP contribution in [0.4, 0.5) is 0 Å². The second-order valence-corrected chi connectivity index (χ2v) is 18.2. The fraction of sp³-hybridized carbons (Fsp3) is 0.872. The van der Waals surface area contributed by atoms with Gasteiger partial charge in [0.15, 0.2) is 0 Å². The van der Waals surface area contributed by atoms with Crippen LogP contribution in [0, 0.1) is 47.3 Å². The molecule has 293 valence electrons. The van der Waals surface area contributed by atoms with Gasteiger partial charge in [0.1, 0.15) is 18.1 Å². The third-order valence-corrected chi connectivity index (χ3v) is 11.5. The fourth-order valence-corrected chi connectivity index (χ4v) is 7.50. The molecule has 1 rings (SSSR count). The van der Waals surface area contributed by atoms with Gasteiger partial charge in [-0.15, -0.1) is 0 Å². The molecule has 0 aliphatic carbocycles. The van der Waals surface area contributed by atoms with E-state index in [2.05, 4.69) is 69.2 Å². The summed E-state index contributed by atoms with van der Waals surface area (Å²) in [5, 5.41) is 11.8. The first kappa shape index (κ1) is 46.8. The monoisotopic (exact) mass is 700 g/mol. The van der Waals surface area contributed by atoms with Gasteiger partial charge in [-0.1, -0.05) is 185 Å². The highest BCUT2D eigenvalue weighted by atomic mass is 16.5. The zero-order valence-electron chi connectivity index (χ0n) is 35.3. The van der Waals surface area contributed by atoms with Crippen LogP contribution in [0.25, 0.3) is 0 Å². The number of ether oxygens (including phenoxy) is 2. The second-order valence-electron chi connectivity index (χ2n) is 18.2. The maximum absolute atomic E-state index is 11.8. The lowest BCUT2D eigenvalue weighted by atomic mass is 9.91. The Morgan fingerprint density at radius 2 is 0.740 bits per heavy atom. The third kappa shape index (κ3) is 25.7. The molecule has 3 nitrogen and oxygen atoms in total. The van der Waals surface area contributed by atoms with Gasteiger partial charge in [-0.25, -0.2) is 5.11 Å². The van der Waals surface area contributed by atoms with E-state index in [1.165, 1.54) is 116 Å². The third-order valence-electron chi connectivity index (χ3n) is 11.5. The molecule has 0 fully saturated rings. The summed E-state index contributed by atoms with van der Waals surface area (Å²) in [4.78, 5) is 0. The number of rotatable bonds is 33. The van der Waals surface area contributed by atoms with Crippen molar-refractivity contribution in [1.29, 1.82) is 0 Å². The Morgan fingerprint density at radius 3 is 1.08 bits per heavy atom. The van der Waals surface area contributed by atoms with Crippen molar-refractivity contribution < 1.29 is 14.6 Å². The van der Waals surface area contributed by atoms with E-state index in [9.17, 15) is 5.11 Å². The first-order chi connectivity index (χ1) is 23.9. The van der Waals surface area contributed by atoms with Gasteiger partial charge in [0.2, 0.25) is 0 Å². The van der Waals surface area contributed by atoms with Crippen LogP contribution in [0.1, 0.15) is 203 Å². The van der Waals surface area contributed by atoms with Crippen LogP contribution < -0.4 is 9.47 Å². The summed E-state index contributed by atoms with van der Waals surface area (Å²) in [6.45, 7) is 25.0. The van der Waals surface area contributed by atoms with Gasteiger partial charge < -0.3 is 9.47 Å². The molecule has 0 saturated heterocycles. The highest BCUT2D eigenvalue weighted by Crippen LogP contribution is 2.28. The predicted octanol–water partition coefficient (Wildman–Crippen LogP) is 15.3. The minimum atomic E-state index is -0.257. The second kappa shape index (κ2) is 29.3. The Bertz CT molecular complexity index is 910. The number of hydrogen-bond acceptors (Lipinski definition) is 2. The summed E-state index contributed by atoms with van der Waals surface area (Å²) in [5.41, 5.74) is 0.733. The molecular weight excluding hydrogens is 613 g/mol. The molecule has 6 atom stereocenters. The lowest BCUT2D eigenvalue weighted by molar-refractivity contribution is 0.171. The van der Waals surface area contributed by atoms with Gasteiger partial charge in [0.25, 0.3) is 0 Å². The Balaban J connectivity index is 2.22. The van der Waals surface area contributed by atoms with E-state index in [1.807, 2.05) is 18.2 Å². The van der Waals surface area contributed by atoms with Crippen LogP contribution in [-0.2, 0) is 11.7 Å². The molecule has 0 amide bonds. The molecule has 0 aromatic heterocycles. The highest BCUT2D eigenvalue weighted by molar-refractivity contribution is 5.40. The molecule has 0 spiro atoms. The smallest absolute Gasteiger partial charge is 0.128 e. The minimum Gasteiger partial charge on any atom is -0.493 e. The first-order valence-corrected chi connectivity index (χ1v) is 21.9. The van der Waals surface area contributed by atoms with Crippen LogP contribution >= 0.6 is 0 Å². The Hall–Kier alpha value is -1.22. The van der Waals surface area contributed by atoms with E-state index in [4.69, 9.17) is 9.47 Å². The molecular formula is C47H87O3. The van der Waals surface area contributed by atoms with E-state index in [-0.39, 0.29) is 6.61 Å². The molecule has 0 aliphatic heterocycles. The minimum absolute atomic E-state index is 0.257.